The van der Waals surface area contributed by atoms with E-state index in [9.17, 15) is 24.0 Å². The number of H-pyrrole nitrogens is 3. The Labute approximate surface area is 771 Å². The summed E-state index contributed by atoms with van der Waals surface area (Å²) in [6, 6.07) is 4.67. The van der Waals surface area contributed by atoms with Gasteiger partial charge in [0.25, 0.3) is 0 Å². The Morgan fingerprint density at radius 2 is 0.466 bits per heavy atom. The summed E-state index contributed by atoms with van der Waals surface area (Å²) in [5.41, 5.74) is 49.8. The fourth-order valence-corrected chi connectivity index (χ4v) is 15.0. The van der Waals surface area contributed by atoms with Crippen molar-refractivity contribution in [2.45, 2.75) is 230 Å². The van der Waals surface area contributed by atoms with Crippen LogP contribution in [0.4, 0.5) is 0 Å². The van der Waals surface area contributed by atoms with Crippen LogP contribution >= 0.6 is 0 Å². The second kappa shape index (κ2) is 54.9. The number of fused-ring (bicyclic) bond motifs is 3. The molecule has 0 saturated carbocycles. The van der Waals surface area contributed by atoms with E-state index in [0.29, 0.717) is 32.9 Å². The fraction of sp³-hybridized carbons (Fsp3) is 0.517. The number of guanidine groups is 6. The molecule has 42 N–H and O–H groups in total. The molecule has 0 bridgehead atoms. The van der Waals surface area contributed by atoms with Gasteiger partial charge in [-0.15, -0.1) is 0 Å². The number of aromatic nitrogens is 3. The number of nitrogens with one attached hydrogen (secondary N) is 26. The van der Waals surface area contributed by atoms with Crippen LogP contribution < -0.4 is 136 Å². The highest BCUT2D eigenvalue weighted by Gasteiger charge is 2.39. The van der Waals surface area contributed by atoms with Crippen LogP contribution in [0.1, 0.15) is 155 Å². The number of aromatic amines is 3. The first-order valence-corrected chi connectivity index (χ1v) is 44.7. The van der Waals surface area contributed by atoms with Gasteiger partial charge in [0.1, 0.15) is 66.5 Å². The summed E-state index contributed by atoms with van der Waals surface area (Å²) in [4.78, 5) is 187. The summed E-state index contributed by atoms with van der Waals surface area (Å²) in [6.45, 7) is 11.1. The molecule has 12 atom stereocenters. The molecule has 133 heavy (non-hydrogen) atoms. The lowest BCUT2D eigenvalue weighted by atomic mass is 9.99. The highest BCUT2D eigenvalue weighted by atomic mass is 16.2. The molecule has 0 radical (unpaired) electrons. The Kier molecular flexibility index (Phi) is 44.2. The molecule has 3 aromatic carbocycles. The van der Waals surface area contributed by atoms with E-state index in [0.717, 1.165) is 16.5 Å². The molecule has 0 unspecified atom stereocenters. The highest BCUT2D eigenvalue weighted by molar-refractivity contribution is 6.01. The lowest BCUT2D eigenvalue weighted by Crippen LogP contribution is -2.61. The monoisotopic (exact) mass is 1850 g/mol. The minimum absolute atomic E-state index is 0.000861. The van der Waals surface area contributed by atoms with Gasteiger partial charge in [-0.2, -0.15) is 0 Å². The summed E-state index contributed by atoms with van der Waals surface area (Å²) in [6.07, 6.45) is 4.63. The van der Waals surface area contributed by atoms with Gasteiger partial charge in [-0.1, -0.05) is 96.1 Å². The van der Waals surface area contributed by atoms with Gasteiger partial charge in [-0.3, -0.25) is 90.0 Å². The van der Waals surface area contributed by atoms with Crippen LogP contribution in [0, 0.1) is 50.2 Å². The van der Waals surface area contributed by atoms with Crippen molar-refractivity contribution in [2.75, 3.05) is 39.3 Å². The minimum Gasteiger partial charge on any atom is -0.370 e. The second-order valence-corrected chi connectivity index (χ2v) is 34.2. The number of rotatable bonds is 59. The van der Waals surface area contributed by atoms with Crippen molar-refractivity contribution in [3.05, 3.63) is 108 Å². The molecule has 12 amide bonds. The van der Waals surface area contributed by atoms with Crippen LogP contribution in [0.15, 0.2) is 91.4 Å². The van der Waals surface area contributed by atoms with Crippen LogP contribution in [0.2, 0.25) is 0 Å². The first kappa shape index (κ1) is 107. The Morgan fingerprint density at radius 1 is 0.271 bits per heavy atom. The molecular formula is C87H138N34O12. The number of benzene rings is 3. The van der Waals surface area contributed by atoms with Crippen LogP contribution in [-0.2, 0) is 76.8 Å². The zero-order chi connectivity index (χ0) is 98.0. The molecule has 0 fully saturated rings. The van der Waals surface area contributed by atoms with Crippen LogP contribution in [0.25, 0.3) is 32.7 Å². The number of carbonyl (C=O) groups excluding carboxylic acids is 12. The predicted molar refractivity (Wildman–Crippen MR) is 508 cm³/mol. The maximum Gasteiger partial charge on any atom is 0.243 e. The van der Waals surface area contributed by atoms with Crippen molar-refractivity contribution in [1.82, 2.24) is 105 Å². The van der Waals surface area contributed by atoms with Crippen LogP contribution in [-0.4, -0.2) is 233 Å². The predicted octanol–water partition coefficient (Wildman–Crippen LogP) is -2.98. The first-order chi connectivity index (χ1) is 63.2. The molecule has 0 aliphatic rings. The van der Waals surface area contributed by atoms with Gasteiger partial charge in [0.2, 0.25) is 70.9 Å². The molecule has 0 saturated heterocycles. The molecule has 6 aromatic rings. The van der Waals surface area contributed by atoms with Gasteiger partial charge in [-0.05, 0) is 155 Å². The van der Waals surface area contributed by atoms with Gasteiger partial charge in [0.15, 0.2) is 35.8 Å². The van der Waals surface area contributed by atoms with E-state index in [1.54, 1.807) is 109 Å². The fourth-order valence-electron chi connectivity index (χ4n) is 15.0. The van der Waals surface area contributed by atoms with E-state index in [-0.39, 0.29) is 190 Å². The van der Waals surface area contributed by atoms with E-state index in [4.69, 9.17) is 78.3 Å². The van der Waals surface area contributed by atoms with Crippen molar-refractivity contribution in [2.24, 2.45) is 63.6 Å². The Bertz CT molecular complexity index is 4970. The molecular weight excluding hydrogens is 1710 g/mol. The molecule has 3 aromatic heterocycles. The van der Waals surface area contributed by atoms with E-state index < -0.39 is 161 Å². The summed E-state index contributed by atoms with van der Waals surface area (Å²) < 4.78 is 0. The molecule has 3 heterocycles. The topological polar surface area (TPSA) is 808 Å². The highest BCUT2D eigenvalue weighted by Crippen LogP contribution is 2.24. The third kappa shape index (κ3) is 37.9. The maximum atomic E-state index is 15.6. The van der Waals surface area contributed by atoms with Crippen molar-refractivity contribution in [3.8, 4) is 0 Å². The summed E-state index contributed by atoms with van der Waals surface area (Å²) >= 11 is 0. The van der Waals surface area contributed by atoms with Gasteiger partial charge in [-0.25, -0.2) is 0 Å². The Morgan fingerprint density at radius 3 is 0.707 bits per heavy atom. The number of nitrogens with two attached hydrogens (primary N) is 8. The lowest BCUT2D eigenvalue weighted by molar-refractivity contribution is -0.136. The minimum atomic E-state index is -1.59. The Hall–Kier alpha value is -14.5. The average molecular weight is 1850 g/mol. The number of amides is 12. The van der Waals surface area contributed by atoms with Crippen LogP contribution in [0.3, 0.4) is 0 Å². The normalized spacial score (nSPS) is 13.9. The summed E-state index contributed by atoms with van der Waals surface area (Å²) in [7, 11) is 0. The molecule has 46 nitrogen and oxygen atoms in total. The number of hydrogen-bond acceptors (Lipinski definition) is 19. The number of carbonyl (C=O) groups is 12. The van der Waals surface area contributed by atoms with Gasteiger partial charge >= 0.3 is 0 Å². The number of primary amides is 1. The number of para-hydroxylation sites is 3. The lowest BCUT2D eigenvalue weighted by Gasteiger charge is -2.29. The molecule has 728 valence electrons. The largest absolute Gasteiger partial charge is 0.370 e. The second-order valence-electron chi connectivity index (χ2n) is 34.2. The van der Waals surface area contributed by atoms with Crippen molar-refractivity contribution in [3.63, 3.8) is 0 Å². The molecule has 0 aliphatic carbocycles. The quantitative estimate of drug-likeness (QED) is 0.0103. The van der Waals surface area contributed by atoms with Gasteiger partial charge in [0, 0.05) is 103 Å². The summed E-state index contributed by atoms with van der Waals surface area (Å²) in [5.74, 6) is -13.5. The standard InChI is InChI=1S/C87H138N34O12/c1-46(2)37-65(77(129)111-59(70(89)122)25-13-31-102-82(90)91)117-73(125)61(27-15-33-104-84(94)95)115-80(132)68(41-50-44-109-57-23-11-8-20-53(50)57)120-76(128)64(30-18-36-107-87(100)101)114-79(131)67(39-48(5)6)119-74(126)62(28-16-34-105-85(96)97)116-81(133)69(42-51-45-110-58-24-12-9-21-54(51)58)121-75(127)63(29-17-35-106-86(98)99)113-78(130)66(38-47(3)4)118-72(124)60(26-14-32-103-83(92)93)112-71(123)55(88)40-49-43-108-56-22-10-7-19-52(49)56/h7-12,19-24,43-48,55,59-69,108-110H,13-18,25-42,88H2,1-6H3,(H2,89,122)(H,111,129)(H,112,123)(H,113,130)(H,114,131)(H,115,132)(H,116,133)(H,117,125)(H,118,124)(H,119,126)(H,120,128)(H,121,127)(H4,90,91,102)(H4,92,93,103)(H4,94,95,104)(H4,96,97,105)(H4,98,99,106)(H4,100,101,107)/t55-,59-,60-,61-,62-,63-,64-,65-,66-,67-,68-,69-/m0/s1. The van der Waals surface area contributed by atoms with E-state index in [2.05, 4.69) is 105 Å². The van der Waals surface area contributed by atoms with Gasteiger partial charge < -0.3 is 151 Å². The molecule has 6 rings (SSSR count). The van der Waals surface area contributed by atoms with E-state index in [1.165, 1.54) is 0 Å². The van der Waals surface area contributed by atoms with Crippen molar-refractivity contribution in [1.29, 1.82) is 32.5 Å². The SMILES string of the molecule is CC(C)C[C@H](NC(=O)[C@H](CCCNC(=N)N)NC(=O)[C@H](Cc1c[nH]c2ccccc12)NC(=O)[C@H](CCCNC(=N)N)NC(=O)[C@H](CC(C)C)NC(=O)[C@H](CCCNC(=N)N)NC(=O)[C@H](Cc1c[nH]c2ccccc12)NC(=O)[C@H](CCCNC(=N)N)NC(=O)[C@H](CC(C)C)NC(=O)[C@H](CCCNC(=N)N)NC(=O)[C@@H](N)Cc1c[nH]c2ccccc12)C(=O)N[C@@H](CCCNC(=N)N)C(N)=O. The smallest absolute Gasteiger partial charge is 0.243 e. The van der Waals surface area contributed by atoms with Gasteiger partial charge in [0.05, 0.1) is 6.04 Å². The van der Waals surface area contributed by atoms with Crippen molar-refractivity contribution < 1.29 is 57.5 Å². The zero-order valence-corrected chi connectivity index (χ0v) is 76.3. The van der Waals surface area contributed by atoms with E-state index in [1.807, 2.05) is 24.3 Å². The third-order valence-electron chi connectivity index (χ3n) is 21.7. The molecule has 0 spiro atoms. The van der Waals surface area contributed by atoms with Crippen molar-refractivity contribution >= 4 is 139 Å². The Balaban J connectivity index is 1.33. The number of hydrogen-bond donors (Lipinski definition) is 34. The van der Waals surface area contributed by atoms with E-state index >= 15 is 33.6 Å². The zero-order valence-electron chi connectivity index (χ0n) is 76.3. The molecule has 0 aliphatic heterocycles. The third-order valence-corrected chi connectivity index (χ3v) is 21.7. The van der Waals surface area contributed by atoms with Crippen LogP contribution in [0.5, 0.6) is 0 Å². The summed E-state index contributed by atoms with van der Waals surface area (Å²) in [5, 5.41) is 95.3. The molecule has 46 heteroatoms. The maximum absolute atomic E-state index is 15.6. The first-order valence-electron chi connectivity index (χ1n) is 44.7. The average Bonchev–Trinajstić information content (AvgIpc) is 1.76.